The minimum atomic E-state index is -0.453. The number of pyridine rings is 1. The number of fused-ring (bicyclic) bond motifs is 1. The van der Waals surface area contributed by atoms with Crippen molar-refractivity contribution in [2.75, 3.05) is 6.54 Å². The number of rotatable bonds is 5. The summed E-state index contributed by atoms with van der Waals surface area (Å²) in [5.74, 6) is 1.27. The van der Waals surface area contributed by atoms with Gasteiger partial charge in [-0.2, -0.15) is 0 Å². The van der Waals surface area contributed by atoms with Crippen molar-refractivity contribution in [3.63, 3.8) is 0 Å². The fraction of sp³-hybridized carbons (Fsp3) is 0.500. The molecular weight excluding hydrogens is 364 g/mol. The molecule has 2 aliphatic carbocycles. The Morgan fingerprint density at radius 1 is 1.10 bits per heavy atom. The molecule has 2 atom stereocenters. The third-order valence-corrected chi connectivity index (χ3v) is 6.43. The predicted octanol–water partition coefficient (Wildman–Crippen LogP) is 3.84. The van der Waals surface area contributed by atoms with E-state index in [4.69, 9.17) is 4.74 Å². The van der Waals surface area contributed by atoms with E-state index in [1.165, 1.54) is 18.5 Å². The van der Waals surface area contributed by atoms with Gasteiger partial charge in [0.1, 0.15) is 11.9 Å². The number of aliphatic hydroxyl groups is 1. The van der Waals surface area contributed by atoms with Gasteiger partial charge in [0.2, 0.25) is 0 Å². The zero-order chi connectivity index (χ0) is 19.8. The van der Waals surface area contributed by atoms with E-state index in [0.717, 1.165) is 43.2 Å². The summed E-state index contributed by atoms with van der Waals surface area (Å²) in [6.45, 7) is 1.27. The van der Waals surface area contributed by atoms with Gasteiger partial charge in [-0.25, -0.2) is 0 Å². The highest BCUT2D eigenvalue weighted by molar-refractivity contribution is 5.99. The van der Waals surface area contributed by atoms with E-state index >= 15 is 0 Å². The Labute approximate surface area is 171 Å². The molecule has 0 saturated heterocycles. The maximum absolute atomic E-state index is 13.3. The highest BCUT2D eigenvalue weighted by atomic mass is 16.5. The van der Waals surface area contributed by atoms with Gasteiger partial charge < -0.3 is 14.7 Å². The van der Waals surface area contributed by atoms with Crippen LogP contribution in [0, 0.1) is 0 Å². The first-order chi connectivity index (χ1) is 14.2. The molecule has 29 heavy (non-hydrogen) atoms. The Bertz CT molecular complexity index is 891. The van der Waals surface area contributed by atoms with Crippen LogP contribution in [0.2, 0.25) is 0 Å². The summed E-state index contributed by atoms with van der Waals surface area (Å²) in [6, 6.07) is 10.0. The van der Waals surface area contributed by atoms with E-state index in [0.29, 0.717) is 30.3 Å². The lowest BCUT2D eigenvalue weighted by molar-refractivity contribution is 0.00599. The maximum atomic E-state index is 13.3. The van der Waals surface area contributed by atoms with E-state index < -0.39 is 6.10 Å². The first-order valence-electron chi connectivity index (χ1n) is 10.9. The van der Waals surface area contributed by atoms with E-state index in [-0.39, 0.29) is 12.0 Å². The topological polar surface area (TPSA) is 62.7 Å². The van der Waals surface area contributed by atoms with Crippen molar-refractivity contribution >= 4 is 5.91 Å². The molecule has 5 nitrogen and oxygen atoms in total. The summed E-state index contributed by atoms with van der Waals surface area (Å²) in [7, 11) is 0. The van der Waals surface area contributed by atoms with Crippen LogP contribution < -0.4 is 4.74 Å². The number of hydrogen-bond donors (Lipinski definition) is 1. The summed E-state index contributed by atoms with van der Waals surface area (Å²) >= 11 is 0. The first kappa shape index (κ1) is 18.6. The zero-order valence-corrected chi connectivity index (χ0v) is 16.7. The predicted molar refractivity (Wildman–Crippen MR) is 110 cm³/mol. The third kappa shape index (κ3) is 3.88. The Balaban J connectivity index is 1.34. The average Bonchev–Trinajstić information content (AvgIpc) is 3.58. The second-order valence-corrected chi connectivity index (χ2v) is 8.64. The van der Waals surface area contributed by atoms with E-state index in [1.807, 2.05) is 29.3 Å². The fourth-order valence-electron chi connectivity index (χ4n) is 4.54. The molecule has 0 bridgehead atoms. The van der Waals surface area contributed by atoms with Gasteiger partial charge in [-0.1, -0.05) is 24.6 Å². The SMILES string of the molecule is O=C1c2c(cccc2OC2CCCC[C@@H]2O)CCN1Cc1ccc(C2CC2)nc1. The second kappa shape index (κ2) is 7.79. The molecule has 1 aromatic heterocycles. The van der Waals surface area contributed by atoms with Crippen molar-refractivity contribution in [2.45, 2.75) is 69.6 Å². The molecule has 1 aliphatic heterocycles. The van der Waals surface area contributed by atoms with Crippen LogP contribution in [0.1, 0.15) is 71.6 Å². The van der Waals surface area contributed by atoms with E-state index in [1.54, 1.807) is 0 Å². The number of carbonyl (C=O) groups is 1. The summed E-state index contributed by atoms with van der Waals surface area (Å²) < 4.78 is 6.17. The first-order valence-corrected chi connectivity index (χ1v) is 10.9. The van der Waals surface area contributed by atoms with E-state index in [9.17, 15) is 9.90 Å². The van der Waals surface area contributed by atoms with Crippen LogP contribution in [-0.2, 0) is 13.0 Å². The highest BCUT2D eigenvalue weighted by Crippen LogP contribution is 2.39. The number of ether oxygens (including phenoxy) is 1. The molecule has 2 fully saturated rings. The van der Waals surface area contributed by atoms with Crippen LogP contribution in [-0.4, -0.2) is 39.7 Å². The molecule has 0 spiro atoms. The molecule has 5 heteroatoms. The highest BCUT2D eigenvalue weighted by Gasteiger charge is 2.31. The standard InChI is InChI=1S/C24H28N2O3/c27-20-5-1-2-6-21(20)29-22-7-3-4-18-12-13-26(24(28)23(18)22)15-16-8-11-19(25-14-16)17-9-10-17/h3-4,7-8,11,14,17,20-21,27H,1-2,5-6,9-10,12-13,15H2/t20-,21?/m0/s1. The molecule has 5 rings (SSSR count). The monoisotopic (exact) mass is 392 g/mol. The van der Waals surface area contributed by atoms with Gasteiger partial charge in [-0.05, 0) is 61.8 Å². The number of aromatic nitrogens is 1. The van der Waals surface area contributed by atoms with Gasteiger partial charge in [0.25, 0.3) is 5.91 Å². The van der Waals surface area contributed by atoms with Crippen LogP contribution in [0.25, 0.3) is 0 Å². The van der Waals surface area contributed by atoms with Gasteiger partial charge in [0.15, 0.2) is 0 Å². The van der Waals surface area contributed by atoms with Crippen LogP contribution in [0.3, 0.4) is 0 Å². The minimum Gasteiger partial charge on any atom is -0.487 e. The van der Waals surface area contributed by atoms with Gasteiger partial charge in [-0.3, -0.25) is 9.78 Å². The number of carbonyl (C=O) groups excluding carboxylic acids is 1. The molecule has 1 amide bonds. The Kier molecular flexibility index (Phi) is 5.00. The van der Waals surface area contributed by atoms with Gasteiger partial charge in [0, 0.05) is 30.9 Å². The van der Waals surface area contributed by atoms with Crippen molar-refractivity contribution < 1.29 is 14.6 Å². The molecule has 1 unspecified atom stereocenters. The van der Waals surface area contributed by atoms with Crippen LogP contribution in [0.4, 0.5) is 0 Å². The zero-order valence-electron chi connectivity index (χ0n) is 16.7. The van der Waals surface area contributed by atoms with Crippen LogP contribution >= 0.6 is 0 Å². The number of hydrogen-bond acceptors (Lipinski definition) is 4. The van der Waals surface area contributed by atoms with Crippen LogP contribution in [0.5, 0.6) is 5.75 Å². The molecule has 2 saturated carbocycles. The number of nitrogens with zero attached hydrogens (tertiary/aromatic N) is 2. The Hall–Kier alpha value is -2.40. The number of aliphatic hydroxyl groups excluding tert-OH is 1. The molecule has 152 valence electrons. The summed E-state index contributed by atoms with van der Waals surface area (Å²) in [5.41, 5.74) is 3.94. The van der Waals surface area contributed by atoms with Crippen molar-refractivity contribution in [1.82, 2.24) is 9.88 Å². The Morgan fingerprint density at radius 2 is 1.97 bits per heavy atom. The largest absolute Gasteiger partial charge is 0.487 e. The molecule has 3 aliphatic rings. The lowest BCUT2D eigenvalue weighted by Crippen LogP contribution is -2.39. The molecular formula is C24H28N2O3. The summed E-state index contributed by atoms with van der Waals surface area (Å²) in [4.78, 5) is 19.8. The lowest BCUT2D eigenvalue weighted by atomic mass is 9.94. The van der Waals surface area contributed by atoms with Crippen molar-refractivity contribution in [1.29, 1.82) is 0 Å². The molecule has 2 aromatic rings. The van der Waals surface area contributed by atoms with Gasteiger partial charge in [-0.15, -0.1) is 0 Å². The molecule has 1 aromatic carbocycles. The molecule has 1 N–H and O–H groups in total. The number of benzene rings is 1. The smallest absolute Gasteiger partial charge is 0.258 e. The van der Waals surface area contributed by atoms with Gasteiger partial charge >= 0.3 is 0 Å². The van der Waals surface area contributed by atoms with Crippen molar-refractivity contribution in [3.05, 3.63) is 58.9 Å². The summed E-state index contributed by atoms with van der Waals surface area (Å²) in [6.07, 6.45) is 8.23. The normalized spacial score (nSPS) is 24.3. The lowest BCUT2D eigenvalue weighted by Gasteiger charge is -2.32. The third-order valence-electron chi connectivity index (χ3n) is 6.43. The van der Waals surface area contributed by atoms with E-state index in [2.05, 4.69) is 17.1 Å². The molecule has 2 heterocycles. The van der Waals surface area contributed by atoms with Crippen molar-refractivity contribution in [2.24, 2.45) is 0 Å². The van der Waals surface area contributed by atoms with Crippen LogP contribution in [0.15, 0.2) is 36.5 Å². The average molecular weight is 392 g/mol. The maximum Gasteiger partial charge on any atom is 0.258 e. The van der Waals surface area contributed by atoms with Crippen molar-refractivity contribution in [3.8, 4) is 5.75 Å². The molecule has 0 radical (unpaired) electrons. The second-order valence-electron chi connectivity index (χ2n) is 8.64. The fourth-order valence-corrected chi connectivity index (χ4v) is 4.54. The summed E-state index contributed by atoms with van der Waals surface area (Å²) in [5, 5.41) is 10.3. The van der Waals surface area contributed by atoms with Gasteiger partial charge in [0.05, 0.1) is 11.7 Å². The number of amides is 1. The minimum absolute atomic E-state index is 0.0124. The quantitative estimate of drug-likeness (QED) is 0.840. The Morgan fingerprint density at radius 3 is 2.72 bits per heavy atom.